The summed E-state index contributed by atoms with van der Waals surface area (Å²) in [6.45, 7) is 7.15. The second-order valence-corrected chi connectivity index (χ2v) is 5.23. The maximum Gasteiger partial charge on any atom is 0.118 e. The predicted molar refractivity (Wildman–Crippen MR) is 88.5 cm³/mol. The quantitative estimate of drug-likeness (QED) is 0.785. The van der Waals surface area contributed by atoms with Crippen molar-refractivity contribution in [2.45, 2.75) is 25.8 Å². The van der Waals surface area contributed by atoms with Crippen molar-refractivity contribution in [3.8, 4) is 0 Å². The molecular formula is C18H24N2O. The Morgan fingerprint density at radius 3 is 3.00 bits per heavy atom. The van der Waals surface area contributed by atoms with Crippen LogP contribution in [-0.2, 0) is 4.74 Å². The molecule has 0 amide bonds. The first kappa shape index (κ1) is 15.4. The average molecular weight is 284 g/mol. The van der Waals surface area contributed by atoms with Gasteiger partial charge in [0.15, 0.2) is 0 Å². The molecule has 0 aromatic carbocycles. The van der Waals surface area contributed by atoms with Gasteiger partial charge in [-0.3, -0.25) is 0 Å². The van der Waals surface area contributed by atoms with Crippen LogP contribution in [0.2, 0.25) is 0 Å². The van der Waals surface area contributed by atoms with Crippen LogP contribution in [0.5, 0.6) is 0 Å². The van der Waals surface area contributed by atoms with Gasteiger partial charge in [-0.2, -0.15) is 0 Å². The standard InChI is InChI=1S/C18H24N2O/c1-14-18(8-5-12-19-14)15(2)20-13-11-16-6-4-7-17(21-3)10-9-16/h4-5,7-10,12,15,19-20H,1,6,11,13H2,2-3H3. The monoisotopic (exact) mass is 284 g/mol. The Balaban J connectivity index is 1.82. The maximum atomic E-state index is 5.24. The Morgan fingerprint density at radius 1 is 1.38 bits per heavy atom. The van der Waals surface area contributed by atoms with E-state index in [1.165, 1.54) is 11.1 Å². The maximum absolute atomic E-state index is 5.24. The summed E-state index contributed by atoms with van der Waals surface area (Å²) in [6, 6.07) is 0.293. The van der Waals surface area contributed by atoms with Crippen LogP contribution in [0.4, 0.5) is 0 Å². The van der Waals surface area contributed by atoms with Crippen LogP contribution in [0.25, 0.3) is 0 Å². The first-order valence-electron chi connectivity index (χ1n) is 7.37. The van der Waals surface area contributed by atoms with E-state index < -0.39 is 0 Å². The van der Waals surface area contributed by atoms with Crippen molar-refractivity contribution in [2.24, 2.45) is 0 Å². The number of allylic oxidation sites excluding steroid dienone is 6. The van der Waals surface area contributed by atoms with Gasteiger partial charge in [0.05, 0.1) is 7.11 Å². The van der Waals surface area contributed by atoms with Crippen LogP contribution in [0.1, 0.15) is 19.8 Å². The fraction of sp³-hybridized carbons (Fsp3) is 0.333. The fourth-order valence-electron chi connectivity index (χ4n) is 2.42. The summed E-state index contributed by atoms with van der Waals surface area (Å²) < 4.78 is 5.24. The average Bonchev–Trinajstić information content (AvgIpc) is 2.73. The molecule has 0 aromatic rings. The van der Waals surface area contributed by atoms with Crippen LogP contribution >= 0.6 is 0 Å². The van der Waals surface area contributed by atoms with E-state index in [-0.39, 0.29) is 0 Å². The molecule has 1 aliphatic heterocycles. The highest BCUT2D eigenvalue weighted by atomic mass is 16.5. The second kappa shape index (κ2) is 7.70. The van der Waals surface area contributed by atoms with Crippen molar-refractivity contribution < 1.29 is 4.74 Å². The molecule has 2 aliphatic rings. The van der Waals surface area contributed by atoms with Crippen LogP contribution in [-0.4, -0.2) is 19.7 Å². The van der Waals surface area contributed by atoms with Gasteiger partial charge in [0, 0.05) is 17.9 Å². The normalized spacial score (nSPS) is 19.1. The molecule has 1 atom stereocenters. The second-order valence-electron chi connectivity index (χ2n) is 5.23. The smallest absolute Gasteiger partial charge is 0.118 e. The van der Waals surface area contributed by atoms with Gasteiger partial charge < -0.3 is 15.4 Å². The van der Waals surface area contributed by atoms with Gasteiger partial charge in [-0.05, 0) is 50.1 Å². The Hall–Kier alpha value is -2.00. The van der Waals surface area contributed by atoms with Crippen molar-refractivity contribution in [3.63, 3.8) is 0 Å². The summed E-state index contributed by atoms with van der Waals surface area (Å²) in [5.41, 5.74) is 3.60. The van der Waals surface area contributed by atoms with Gasteiger partial charge >= 0.3 is 0 Å². The number of rotatable bonds is 6. The lowest BCUT2D eigenvalue weighted by atomic mass is 10.0. The summed E-state index contributed by atoms with van der Waals surface area (Å²) in [5.74, 6) is 0.910. The van der Waals surface area contributed by atoms with Crippen LogP contribution in [0, 0.1) is 0 Å². The third-order valence-corrected chi connectivity index (χ3v) is 3.72. The van der Waals surface area contributed by atoms with E-state index in [2.05, 4.69) is 42.4 Å². The van der Waals surface area contributed by atoms with E-state index in [0.29, 0.717) is 6.04 Å². The topological polar surface area (TPSA) is 33.3 Å². The first-order valence-corrected chi connectivity index (χ1v) is 7.37. The van der Waals surface area contributed by atoms with Gasteiger partial charge in [0.1, 0.15) is 5.76 Å². The minimum atomic E-state index is 0.293. The number of ether oxygens (including phenoxy) is 1. The third-order valence-electron chi connectivity index (χ3n) is 3.72. The zero-order valence-electron chi connectivity index (χ0n) is 12.9. The number of dihydropyridines is 1. The highest BCUT2D eigenvalue weighted by Crippen LogP contribution is 2.16. The largest absolute Gasteiger partial charge is 0.497 e. The molecule has 0 bridgehead atoms. The van der Waals surface area contributed by atoms with Crippen LogP contribution < -0.4 is 10.6 Å². The number of hydrogen-bond acceptors (Lipinski definition) is 3. The molecule has 0 saturated carbocycles. The van der Waals surface area contributed by atoms with Gasteiger partial charge in [0.2, 0.25) is 0 Å². The lowest BCUT2D eigenvalue weighted by Crippen LogP contribution is -2.32. The number of nitrogens with one attached hydrogen (secondary N) is 2. The SMILES string of the molecule is C=C1NC=CC=C1C(C)NCCC1=CC=C(OC)C=CC1. The Morgan fingerprint density at radius 2 is 2.24 bits per heavy atom. The van der Waals surface area contributed by atoms with Gasteiger partial charge in [-0.1, -0.05) is 30.4 Å². The molecule has 2 N–H and O–H groups in total. The Labute approximate surface area is 127 Å². The van der Waals surface area contributed by atoms with E-state index in [1.54, 1.807) is 7.11 Å². The molecule has 0 fully saturated rings. The zero-order valence-corrected chi connectivity index (χ0v) is 12.9. The van der Waals surface area contributed by atoms with E-state index >= 15 is 0 Å². The molecule has 0 radical (unpaired) electrons. The van der Waals surface area contributed by atoms with Crippen LogP contribution in [0.15, 0.2) is 71.8 Å². The van der Waals surface area contributed by atoms with Crippen molar-refractivity contribution in [3.05, 3.63) is 71.8 Å². The minimum Gasteiger partial charge on any atom is -0.497 e. The highest BCUT2D eigenvalue weighted by Gasteiger charge is 2.12. The lowest BCUT2D eigenvalue weighted by Gasteiger charge is -2.21. The molecule has 0 saturated heterocycles. The molecular weight excluding hydrogens is 260 g/mol. The zero-order chi connectivity index (χ0) is 15.1. The van der Waals surface area contributed by atoms with E-state index in [1.807, 2.05) is 24.4 Å². The van der Waals surface area contributed by atoms with Crippen molar-refractivity contribution in [1.82, 2.24) is 10.6 Å². The molecule has 21 heavy (non-hydrogen) atoms. The summed E-state index contributed by atoms with van der Waals surface area (Å²) in [7, 11) is 1.70. The first-order chi connectivity index (χ1) is 10.2. The van der Waals surface area contributed by atoms with Gasteiger partial charge in [-0.25, -0.2) is 0 Å². The lowest BCUT2D eigenvalue weighted by molar-refractivity contribution is 0.307. The molecule has 2 rings (SSSR count). The summed E-state index contributed by atoms with van der Waals surface area (Å²) >= 11 is 0. The fourth-order valence-corrected chi connectivity index (χ4v) is 2.42. The Bertz CT molecular complexity index is 535. The third kappa shape index (κ3) is 4.50. The summed E-state index contributed by atoms with van der Waals surface area (Å²) in [6.07, 6.45) is 16.4. The van der Waals surface area contributed by atoms with Gasteiger partial charge in [0.25, 0.3) is 0 Å². The molecule has 1 heterocycles. The van der Waals surface area contributed by atoms with E-state index in [9.17, 15) is 0 Å². The number of methoxy groups -OCH3 is 1. The molecule has 1 aliphatic carbocycles. The van der Waals surface area contributed by atoms with Crippen molar-refractivity contribution in [2.75, 3.05) is 13.7 Å². The molecule has 3 nitrogen and oxygen atoms in total. The van der Waals surface area contributed by atoms with Crippen LogP contribution in [0.3, 0.4) is 0 Å². The minimum absolute atomic E-state index is 0.293. The highest BCUT2D eigenvalue weighted by molar-refractivity contribution is 5.38. The molecule has 0 spiro atoms. The van der Waals surface area contributed by atoms with E-state index in [0.717, 1.165) is 30.8 Å². The summed E-state index contributed by atoms with van der Waals surface area (Å²) in [5, 5.41) is 6.70. The number of hydrogen-bond donors (Lipinski definition) is 2. The van der Waals surface area contributed by atoms with E-state index in [4.69, 9.17) is 4.74 Å². The summed E-state index contributed by atoms with van der Waals surface area (Å²) in [4.78, 5) is 0. The van der Waals surface area contributed by atoms with Gasteiger partial charge in [-0.15, -0.1) is 0 Å². The molecule has 3 heteroatoms. The molecule has 0 aromatic heterocycles. The van der Waals surface area contributed by atoms with Crippen molar-refractivity contribution in [1.29, 1.82) is 0 Å². The molecule has 1 unspecified atom stereocenters. The van der Waals surface area contributed by atoms with Crippen molar-refractivity contribution >= 4 is 0 Å². The molecule has 112 valence electrons. The Kier molecular flexibility index (Phi) is 5.64. The predicted octanol–water partition coefficient (Wildman–Crippen LogP) is 3.33.